The SMILES string of the molecule is CCC(=O)C[NH2+]c1ccccc1C(C)(C)C/C=C/C=C1\SCCN1CC.CCCCN1/C(=C/C=C/C2=[N+](CC)CCS2)C(C)(C)c2ccccc21. The normalized spacial score (nSPS) is 18.8. The molecule has 2 aromatic carbocycles. The second-order valence-electron chi connectivity index (χ2n) is 14.7. The number of anilines is 1. The topological polar surface area (TPSA) is 43.2 Å². The summed E-state index contributed by atoms with van der Waals surface area (Å²) in [5, 5.41) is 4.88. The molecule has 0 radical (unpaired) electrons. The molecular weight excluding hydrogens is 665 g/mol. The van der Waals surface area contributed by atoms with Crippen LogP contribution in [-0.4, -0.2) is 71.1 Å². The number of nitrogens with two attached hydrogens (primary N) is 1. The highest BCUT2D eigenvalue weighted by atomic mass is 32.2. The fourth-order valence-electron chi connectivity index (χ4n) is 7.06. The lowest BCUT2D eigenvalue weighted by atomic mass is 9.80. The van der Waals surface area contributed by atoms with E-state index in [9.17, 15) is 4.79 Å². The summed E-state index contributed by atoms with van der Waals surface area (Å²) in [6.07, 6.45) is 17.6. The Bertz CT molecular complexity index is 1620. The van der Waals surface area contributed by atoms with Crippen molar-refractivity contribution < 1.29 is 14.7 Å². The molecule has 7 heteroatoms. The van der Waals surface area contributed by atoms with Gasteiger partial charge in [-0.05, 0) is 62.0 Å². The Hall–Kier alpha value is -3.00. The van der Waals surface area contributed by atoms with E-state index >= 15 is 0 Å². The number of ketones is 1. The van der Waals surface area contributed by atoms with E-state index in [0.717, 1.165) is 32.6 Å². The van der Waals surface area contributed by atoms with Crippen LogP contribution >= 0.6 is 23.5 Å². The zero-order valence-corrected chi connectivity index (χ0v) is 34.3. The molecule has 0 amide bonds. The van der Waals surface area contributed by atoms with Crippen molar-refractivity contribution in [1.82, 2.24) is 4.90 Å². The van der Waals surface area contributed by atoms with Crippen LogP contribution in [0.1, 0.15) is 92.2 Å². The standard InChI is InChI=1S/C22H32N2OS.C22H31N2S/c1-5-18(25)17-23-20-12-8-7-11-19(20)22(3,4)14-10-9-13-21-24(6-2)15-16-26-21;1-5-7-15-24-19-12-9-8-11-18(19)22(3,4)20(24)13-10-14-21-23(6-2)16-17-25-21/h7-13,23H,5-6,14-17H2,1-4H3;8-14H,5-7,15-17H2,1-4H3/q;+1/p+1/b10-9+,21-13-;. The largest absolute Gasteiger partial charge is 0.366 e. The summed E-state index contributed by atoms with van der Waals surface area (Å²) in [5.74, 6) is 2.70. The van der Waals surface area contributed by atoms with Crippen LogP contribution in [0, 0.1) is 0 Å². The number of fused-ring (bicyclic) bond motifs is 1. The Morgan fingerprint density at radius 3 is 2.49 bits per heavy atom. The summed E-state index contributed by atoms with van der Waals surface area (Å²) in [6, 6.07) is 17.4. The van der Waals surface area contributed by atoms with Gasteiger partial charge in [0, 0.05) is 60.2 Å². The molecule has 0 unspecified atom stereocenters. The summed E-state index contributed by atoms with van der Waals surface area (Å²) in [7, 11) is 0. The number of para-hydroxylation sites is 2. The monoisotopic (exact) mass is 728 g/mol. The Kier molecular flexibility index (Phi) is 15.8. The minimum Gasteiger partial charge on any atom is -0.366 e. The molecule has 2 aromatic rings. The van der Waals surface area contributed by atoms with Crippen molar-refractivity contribution in [3.8, 4) is 0 Å². The molecule has 276 valence electrons. The maximum Gasteiger partial charge on any atom is 0.234 e. The Morgan fingerprint density at radius 1 is 0.980 bits per heavy atom. The van der Waals surface area contributed by atoms with E-state index in [1.54, 1.807) is 0 Å². The maximum absolute atomic E-state index is 11.7. The average molecular weight is 729 g/mol. The molecule has 1 fully saturated rings. The molecule has 3 aliphatic heterocycles. The van der Waals surface area contributed by atoms with Gasteiger partial charge in [0.25, 0.3) is 0 Å². The molecule has 0 saturated carbocycles. The smallest absolute Gasteiger partial charge is 0.234 e. The third-order valence-electron chi connectivity index (χ3n) is 10.3. The number of carbonyl (C=O) groups is 1. The summed E-state index contributed by atoms with van der Waals surface area (Å²) in [5.41, 5.74) is 6.85. The summed E-state index contributed by atoms with van der Waals surface area (Å²) < 4.78 is 2.46. The lowest BCUT2D eigenvalue weighted by Crippen LogP contribution is -2.80. The highest BCUT2D eigenvalue weighted by Crippen LogP contribution is 2.47. The Balaban J connectivity index is 0.000000229. The number of unbranched alkanes of at least 4 members (excludes halogenated alkanes) is 1. The predicted octanol–water partition coefficient (Wildman–Crippen LogP) is 9.20. The van der Waals surface area contributed by atoms with Gasteiger partial charge in [0.05, 0.1) is 10.8 Å². The van der Waals surface area contributed by atoms with Gasteiger partial charge in [-0.15, -0.1) is 11.8 Å². The average Bonchev–Trinajstić information content (AvgIpc) is 3.85. The van der Waals surface area contributed by atoms with E-state index in [0.29, 0.717) is 18.7 Å². The zero-order chi connectivity index (χ0) is 36.9. The molecular formula is C44H64N4OS2+2. The third kappa shape index (κ3) is 10.8. The highest BCUT2D eigenvalue weighted by molar-refractivity contribution is 8.14. The van der Waals surface area contributed by atoms with Crippen molar-refractivity contribution in [3.05, 3.63) is 107 Å². The van der Waals surface area contributed by atoms with Crippen LogP contribution in [0.5, 0.6) is 0 Å². The van der Waals surface area contributed by atoms with Crippen LogP contribution < -0.4 is 10.2 Å². The van der Waals surface area contributed by atoms with Crippen molar-refractivity contribution in [2.24, 2.45) is 0 Å². The molecule has 0 bridgehead atoms. The minimum absolute atomic E-state index is 0.0324. The van der Waals surface area contributed by atoms with E-state index in [1.165, 1.54) is 69.2 Å². The first-order valence-corrected chi connectivity index (χ1v) is 21.2. The lowest BCUT2D eigenvalue weighted by molar-refractivity contribution is -0.560. The van der Waals surface area contributed by atoms with E-state index in [4.69, 9.17) is 0 Å². The molecule has 0 aromatic heterocycles. The number of allylic oxidation sites excluding steroid dienone is 6. The lowest BCUT2D eigenvalue weighted by Gasteiger charge is -2.26. The molecule has 5 rings (SSSR count). The van der Waals surface area contributed by atoms with Crippen molar-refractivity contribution >= 4 is 45.7 Å². The molecule has 5 nitrogen and oxygen atoms in total. The molecule has 0 aliphatic carbocycles. The van der Waals surface area contributed by atoms with Gasteiger partial charge in [0.2, 0.25) is 5.04 Å². The zero-order valence-electron chi connectivity index (χ0n) is 32.7. The number of hydrogen-bond acceptors (Lipinski definition) is 5. The second kappa shape index (κ2) is 19.7. The van der Waals surface area contributed by atoms with Gasteiger partial charge in [-0.1, -0.05) is 114 Å². The summed E-state index contributed by atoms with van der Waals surface area (Å²) in [6.45, 7) is 24.0. The van der Waals surface area contributed by atoms with Crippen molar-refractivity contribution in [2.75, 3.05) is 55.7 Å². The summed E-state index contributed by atoms with van der Waals surface area (Å²) in [4.78, 5) is 16.6. The first-order chi connectivity index (χ1) is 24.6. The van der Waals surface area contributed by atoms with Gasteiger partial charge in [-0.2, -0.15) is 0 Å². The van der Waals surface area contributed by atoms with Crippen molar-refractivity contribution in [2.45, 2.75) is 91.9 Å². The highest BCUT2D eigenvalue weighted by Gasteiger charge is 2.39. The number of rotatable bonds is 15. The molecule has 3 aliphatic rings. The number of Topliss-reactive ketones (excluding diaryl/α,β-unsaturated/α-hetero) is 1. The first kappa shape index (κ1) is 40.8. The van der Waals surface area contributed by atoms with Gasteiger partial charge in [-0.25, -0.2) is 4.58 Å². The number of carbonyl (C=O) groups excluding carboxylic acids is 1. The maximum atomic E-state index is 11.7. The number of thioether (sulfide) groups is 2. The van der Waals surface area contributed by atoms with Crippen LogP contribution in [0.4, 0.5) is 11.4 Å². The molecule has 0 spiro atoms. The van der Waals surface area contributed by atoms with E-state index in [2.05, 4.69) is 153 Å². The van der Waals surface area contributed by atoms with Crippen LogP contribution in [0.2, 0.25) is 0 Å². The fraction of sp³-hybridized carbons (Fsp3) is 0.500. The van der Waals surface area contributed by atoms with Crippen LogP contribution in [-0.2, 0) is 15.6 Å². The fourth-order valence-corrected chi connectivity index (χ4v) is 9.26. The van der Waals surface area contributed by atoms with Gasteiger partial charge in [0.1, 0.15) is 18.8 Å². The molecule has 2 N–H and O–H groups in total. The number of hydrogen-bond donors (Lipinski definition) is 1. The van der Waals surface area contributed by atoms with Crippen LogP contribution in [0.15, 0.2) is 95.7 Å². The van der Waals surface area contributed by atoms with E-state index in [-0.39, 0.29) is 10.8 Å². The van der Waals surface area contributed by atoms with Gasteiger partial charge >= 0.3 is 0 Å². The van der Waals surface area contributed by atoms with Crippen LogP contribution in [0.25, 0.3) is 0 Å². The van der Waals surface area contributed by atoms with Gasteiger partial charge in [0.15, 0.2) is 12.3 Å². The van der Waals surface area contributed by atoms with Gasteiger partial charge < -0.3 is 15.1 Å². The van der Waals surface area contributed by atoms with Gasteiger partial charge in [-0.3, -0.25) is 4.79 Å². The molecule has 51 heavy (non-hydrogen) atoms. The minimum atomic E-state index is 0.0324. The van der Waals surface area contributed by atoms with Crippen LogP contribution in [0.3, 0.4) is 0 Å². The number of quaternary nitrogens is 1. The third-order valence-corrected chi connectivity index (χ3v) is 12.4. The van der Waals surface area contributed by atoms with Crippen molar-refractivity contribution in [1.29, 1.82) is 0 Å². The molecule has 3 heterocycles. The second-order valence-corrected chi connectivity index (χ2v) is 16.9. The van der Waals surface area contributed by atoms with Crippen molar-refractivity contribution in [3.63, 3.8) is 0 Å². The Labute approximate surface area is 318 Å². The summed E-state index contributed by atoms with van der Waals surface area (Å²) >= 11 is 3.91. The predicted molar refractivity (Wildman–Crippen MR) is 225 cm³/mol. The molecule has 1 saturated heterocycles. The number of benzene rings is 2. The molecule has 0 atom stereocenters. The number of nitrogens with zero attached hydrogens (tertiary/aromatic N) is 3. The first-order valence-electron chi connectivity index (χ1n) is 19.3. The Morgan fingerprint density at radius 2 is 1.75 bits per heavy atom. The van der Waals surface area contributed by atoms with E-state index in [1.807, 2.05) is 30.4 Å². The quantitative estimate of drug-likeness (QED) is 0.146. The van der Waals surface area contributed by atoms with E-state index < -0.39 is 0 Å².